The molecule has 1 heterocycles. The van der Waals surface area contributed by atoms with Gasteiger partial charge in [0.25, 0.3) is 0 Å². The van der Waals surface area contributed by atoms with Crippen LogP contribution in [0.15, 0.2) is 18.2 Å². The zero-order valence-electron chi connectivity index (χ0n) is 17.4. The maximum absolute atomic E-state index is 12.7. The van der Waals surface area contributed by atoms with Gasteiger partial charge in [0.05, 0.1) is 26.7 Å². The van der Waals surface area contributed by atoms with Gasteiger partial charge in [0.2, 0.25) is 11.8 Å². The molecule has 1 aliphatic rings. The summed E-state index contributed by atoms with van der Waals surface area (Å²) in [7, 11) is 3.07. The number of Topliss-reactive ketones (excluding diaryl/α,β-unsaturated/α-hetero) is 1. The van der Waals surface area contributed by atoms with Gasteiger partial charge in [-0.2, -0.15) is 0 Å². The summed E-state index contributed by atoms with van der Waals surface area (Å²) in [6.45, 7) is 4.38. The summed E-state index contributed by atoms with van der Waals surface area (Å²) in [5.74, 6) is 0.528. The minimum Gasteiger partial charge on any atom is -0.493 e. The fourth-order valence-electron chi connectivity index (χ4n) is 3.18. The van der Waals surface area contributed by atoms with Crippen molar-refractivity contribution in [1.29, 1.82) is 0 Å². The van der Waals surface area contributed by atoms with Gasteiger partial charge in [-0.15, -0.1) is 0 Å². The Kier molecular flexibility index (Phi) is 8.45. The summed E-state index contributed by atoms with van der Waals surface area (Å²) < 4.78 is 15.6. The summed E-state index contributed by atoms with van der Waals surface area (Å²) in [5.41, 5.74) is 0.739. The first-order valence-electron chi connectivity index (χ1n) is 9.75. The zero-order valence-corrected chi connectivity index (χ0v) is 17.4. The largest absolute Gasteiger partial charge is 0.493 e. The third-order valence-electron chi connectivity index (χ3n) is 4.67. The molecule has 2 amide bonds. The van der Waals surface area contributed by atoms with E-state index in [0.29, 0.717) is 30.9 Å². The fraction of sp³-hybridized carbons (Fsp3) is 0.571. The first kappa shape index (κ1) is 22.7. The molecule has 1 aromatic rings. The number of methoxy groups -OCH3 is 2. The molecule has 0 bridgehead atoms. The molecule has 0 spiro atoms. The van der Waals surface area contributed by atoms with Crippen molar-refractivity contribution in [1.82, 2.24) is 10.6 Å². The van der Waals surface area contributed by atoms with Crippen molar-refractivity contribution in [2.75, 3.05) is 27.4 Å². The highest BCUT2D eigenvalue weighted by Crippen LogP contribution is 2.27. The number of carbonyl (C=O) groups excluding carboxylic acids is 3. The highest BCUT2D eigenvalue weighted by molar-refractivity contribution is 5.93. The van der Waals surface area contributed by atoms with E-state index in [0.717, 1.165) is 5.56 Å². The SMILES string of the molecule is COc1ccc(CC(=O)N[C@@H](CC(C)C)C(=O)NC2CCOCC2=O)cc1OC. The predicted molar refractivity (Wildman–Crippen MR) is 107 cm³/mol. The van der Waals surface area contributed by atoms with Crippen LogP contribution in [0.2, 0.25) is 0 Å². The van der Waals surface area contributed by atoms with Gasteiger partial charge in [0.15, 0.2) is 17.3 Å². The van der Waals surface area contributed by atoms with Gasteiger partial charge in [-0.3, -0.25) is 14.4 Å². The second kappa shape index (κ2) is 10.8. The highest BCUT2D eigenvalue weighted by atomic mass is 16.5. The maximum atomic E-state index is 12.7. The second-order valence-corrected chi connectivity index (χ2v) is 7.48. The van der Waals surface area contributed by atoms with Crippen molar-refractivity contribution in [3.05, 3.63) is 23.8 Å². The maximum Gasteiger partial charge on any atom is 0.243 e. The van der Waals surface area contributed by atoms with Gasteiger partial charge in [0, 0.05) is 6.61 Å². The van der Waals surface area contributed by atoms with E-state index in [4.69, 9.17) is 14.2 Å². The van der Waals surface area contributed by atoms with E-state index < -0.39 is 12.1 Å². The Morgan fingerprint density at radius 1 is 1.21 bits per heavy atom. The lowest BCUT2D eigenvalue weighted by Gasteiger charge is -2.26. The molecule has 0 aliphatic carbocycles. The number of rotatable bonds is 9. The molecule has 1 fully saturated rings. The minimum atomic E-state index is -0.710. The van der Waals surface area contributed by atoms with Crippen molar-refractivity contribution in [2.45, 2.75) is 45.2 Å². The molecule has 0 saturated carbocycles. The topological polar surface area (TPSA) is 103 Å². The molecule has 29 heavy (non-hydrogen) atoms. The summed E-state index contributed by atoms with van der Waals surface area (Å²) in [4.78, 5) is 37.2. The third kappa shape index (κ3) is 6.74. The molecule has 160 valence electrons. The molecule has 1 aromatic carbocycles. The van der Waals surface area contributed by atoms with Crippen molar-refractivity contribution < 1.29 is 28.6 Å². The van der Waals surface area contributed by atoms with Crippen LogP contribution in [-0.2, 0) is 25.5 Å². The van der Waals surface area contributed by atoms with Gasteiger partial charge < -0.3 is 24.8 Å². The number of carbonyl (C=O) groups is 3. The second-order valence-electron chi connectivity index (χ2n) is 7.48. The molecule has 1 unspecified atom stereocenters. The third-order valence-corrected chi connectivity index (χ3v) is 4.67. The van der Waals surface area contributed by atoms with E-state index in [1.807, 2.05) is 13.8 Å². The van der Waals surface area contributed by atoms with Crippen LogP contribution in [0.1, 0.15) is 32.3 Å². The van der Waals surface area contributed by atoms with Gasteiger partial charge in [-0.05, 0) is 36.5 Å². The number of hydrogen-bond donors (Lipinski definition) is 2. The molecular weight excluding hydrogens is 376 g/mol. The van der Waals surface area contributed by atoms with Gasteiger partial charge >= 0.3 is 0 Å². The standard InChI is InChI=1S/C21H30N2O6/c1-13(2)9-16(21(26)23-15-7-8-29-12-17(15)24)22-20(25)11-14-5-6-18(27-3)19(10-14)28-4/h5-6,10,13,15-16H,7-9,11-12H2,1-4H3,(H,22,25)(H,23,26)/t15?,16-/m0/s1. The summed E-state index contributed by atoms with van der Waals surface area (Å²) in [6.07, 6.45) is 1.01. The number of ether oxygens (including phenoxy) is 3. The molecule has 8 heteroatoms. The number of hydrogen-bond acceptors (Lipinski definition) is 6. The number of amides is 2. The average Bonchev–Trinajstić information content (AvgIpc) is 2.68. The lowest BCUT2D eigenvalue weighted by Crippen LogP contribution is -2.54. The quantitative estimate of drug-likeness (QED) is 0.640. The van der Waals surface area contributed by atoms with Crippen LogP contribution in [0, 0.1) is 5.92 Å². The Labute approximate surface area is 171 Å². The number of ketones is 1. The highest BCUT2D eigenvalue weighted by Gasteiger charge is 2.29. The van der Waals surface area contributed by atoms with Crippen LogP contribution < -0.4 is 20.1 Å². The Morgan fingerprint density at radius 3 is 2.55 bits per heavy atom. The number of benzene rings is 1. The lowest BCUT2D eigenvalue weighted by atomic mass is 10.0. The predicted octanol–water partition coefficient (Wildman–Crippen LogP) is 1.25. The fourth-order valence-corrected chi connectivity index (χ4v) is 3.18. The van der Waals surface area contributed by atoms with E-state index in [1.54, 1.807) is 25.3 Å². The lowest BCUT2D eigenvalue weighted by molar-refractivity contribution is -0.135. The summed E-state index contributed by atoms with van der Waals surface area (Å²) >= 11 is 0. The smallest absolute Gasteiger partial charge is 0.243 e. The summed E-state index contributed by atoms with van der Waals surface area (Å²) in [5, 5.41) is 5.56. The molecule has 1 aliphatic heterocycles. The normalized spacial score (nSPS) is 17.6. The van der Waals surface area contributed by atoms with Gasteiger partial charge in [-0.25, -0.2) is 0 Å². The van der Waals surface area contributed by atoms with E-state index >= 15 is 0 Å². The molecule has 2 N–H and O–H groups in total. The molecular formula is C21H30N2O6. The molecule has 8 nitrogen and oxygen atoms in total. The summed E-state index contributed by atoms with van der Waals surface area (Å²) in [6, 6.07) is 3.97. The first-order chi connectivity index (χ1) is 13.8. The van der Waals surface area contributed by atoms with Crippen LogP contribution in [-0.4, -0.2) is 57.1 Å². The van der Waals surface area contributed by atoms with Crippen LogP contribution in [0.5, 0.6) is 11.5 Å². The van der Waals surface area contributed by atoms with Crippen molar-refractivity contribution in [3.8, 4) is 11.5 Å². The van der Waals surface area contributed by atoms with Crippen LogP contribution in [0.3, 0.4) is 0 Å². The van der Waals surface area contributed by atoms with Crippen LogP contribution in [0.4, 0.5) is 0 Å². The van der Waals surface area contributed by atoms with E-state index in [-0.39, 0.29) is 36.5 Å². The molecule has 0 aromatic heterocycles. The van der Waals surface area contributed by atoms with E-state index in [2.05, 4.69) is 10.6 Å². The molecule has 2 atom stereocenters. The Balaban J connectivity index is 2.02. The van der Waals surface area contributed by atoms with E-state index in [9.17, 15) is 14.4 Å². The Hall–Kier alpha value is -2.61. The first-order valence-corrected chi connectivity index (χ1v) is 9.75. The van der Waals surface area contributed by atoms with Crippen molar-refractivity contribution in [3.63, 3.8) is 0 Å². The van der Waals surface area contributed by atoms with E-state index in [1.165, 1.54) is 7.11 Å². The monoisotopic (exact) mass is 406 g/mol. The Bertz CT molecular complexity index is 734. The number of nitrogens with one attached hydrogen (secondary N) is 2. The van der Waals surface area contributed by atoms with Gasteiger partial charge in [-0.1, -0.05) is 19.9 Å². The minimum absolute atomic E-state index is 0.00541. The molecule has 0 radical (unpaired) electrons. The van der Waals surface area contributed by atoms with Crippen LogP contribution in [0.25, 0.3) is 0 Å². The van der Waals surface area contributed by atoms with Crippen molar-refractivity contribution >= 4 is 17.6 Å². The molecule has 1 saturated heterocycles. The van der Waals surface area contributed by atoms with Crippen molar-refractivity contribution in [2.24, 2.45) is 5.92 Å². The van der Waals surface area contributed by atoms with Crippen LogP contribution >= 0.6 is 0 Å². The Morgan fingerprint density at radius 2 is 1.93 bits per heavy atom. The molecule has 2 rings (SSSR count). The average molecular weight is 406 g/mol. The zero-order chi connectivity index (χ0) is 21.4. The van der Waals surface area contributed by atoms with Gasteiger partial charge in [0.1, 0.15) is 12.6 Å².